The van der Waals surface area contributed by atoms with Crippen LogP contribution < -0.4 is 10.2 Å². The van der Waals surface area contributed by atoms with Gasteiger partial charge in [0.15, 0.2) is 0 Å². The number of hydrogen-bond acceptors (Lipinski definition) is 3. The normalized spacial score (nSPS) is 15.2. The molecule has 41 heavy (non-hydrogen) atoms. The Bertz CT molecular complexity index is 2360. The van der Waals surface area contributed by atoms with E-state index in [-0.39, 0.29) is 6.17 Å². The van der Waals surface area contributed by atoms with Crippen molar-refractivity contribution in [2.24, 2.45) is 0 Å². The van der Waals surface area contributed by atoms with Gasteiger partial charge in [0.2, 0.25) is 0 Å². The van der Waals surface area contributed by atoms with E-state index in [1.807, 2.05) is 11.3 Å². The van der Waals surface area contributed by atoms with E-state index < -0.39 is 0 Å². The second-order valence-corrected chi connectivity index (χ2v) is 12.1. The maximum atomic E-state index is 3.94. The Morgan fingerprint density at radius 3 is 2.27 bits per heavy atom. The third-order valence-corrected chi connectivity index (χ3v) is 10.1. The molecule has 2 aliphatic heterocycles. The average Bonchev–Trinajstić information content (AvgIpc) is 3.70. The van der Waals surface area contributed by atoms with E-state index in [9.17, 15) is 0 Å². The highest BCUT2D eigenvalue weighted by Crippen LogP contribution is 2.57. The lowest BCUT2D eigenvalue weighted by Gasteiger charge is -2.36. The maximum absolute atomic E-state index is 3.94. The molecular formula is C37H23N3S. The van der Waals surface area contributed by atoms with Gasteiger partial charge in [0.1, 0.15) is 6.17 Å². The molecule has 0 radical (unpaired) electrons. The number of thiophene rings is 1. The van der Waals surface area contributed by atoms with Crippen molar-refractivity contribution in [2.45, 2.75) is 6.17 Å². The quantitative estimate of drug-likeness (QED) is 0.223. The van der Waals surface area contributed by atoms with Crippen molar-refractivity contribution in [2.75, 3.05) is 10.2 Å². The summed E-state index contributed by atoms with van der Waals surface area (Å²) < 4.78 is 5.13. The number of hydrogen-bond donors (Lipinski definition) is 1. The number of benzene rings is 6. The molecular weight excluding hydrogens is 518 g/mol. The molecule has 0 fully saturated rings. The number of aromatic nitrogens is 1. The zero-order valence-electron chi connectivity index (χ0n) is 22.0. The Morgan fingerprint density at radius 1 is 0.561 bits per heavy atom. The molecule has 10 rings (SSSR count). The second kappa shape index (κ2) is 7.78. The monoisotopic (exact) mass is 541 g/mol. The minimum atomic E-state index is -0.0206. The third-order valence-electron chi connectivity index (χ3n) is 8.92. The predicted octanol–water partition coefficient (Wildman–Crippen LogP) is 10.4. The van der Waals surface area contributed by atoms with Crippen LogP contribution in [0.2, 0.25) is 0 Å². The van der Waals surface area contributed by atoms with Gasteiger partial charge < -0.3 is 14.8 Å². The van der Waals surface area contributed by atoms with Gasteiger partial charge in [-0.2, -0.15) is 0 Å². The molecule has 192 valence electrons. The lowest BCUT2D eigenvalue weighted by atomic mass is 9.88. The summed E-state index contributed by atoms with van der Waals surface area (Å²) in [5.74, 6) is 0. The molecule has 8 aromatic rings. The fourth-order valence-electron chi connectivity index (χ4n) is 7.24. The van der Waals surface area contributed by atoms with Gasteiger partial charge in [-0.3, -0.25) is 0 Å². The number of fused-ring (bicyclic) bond motifs is 15. The van der Waals surface area contributed by atoms with Gasteiger partial charge in [0.05, 0.1) is 28.1 Å². The highest BCUT2D eigenvalue weighted by atomic mass is 32.1. The number of para-hydroxylation sites is 4. The molecule has 4 heteroatoms. The van der Waals surface area contributed by atoms with Crippen molar-refractivity contribution in [3.05, 3.63) is 133 Å². The molecule has 0 amide bonds. The van der Waals surface area contributed by atoms with E-state index in [1.165, 1.54) is 81.4 Å². The standard InChI is InChI=1S/C37H23N3S/c1-2-10-22(11-3-1)39-30-15-7-4-12-23(30)26-19-18-25-27-21-34-28(24-13-5-9-17-33(24)41-34)20-32(27)40-31-16-8-6-14-29(31)38-37(40)35(25)36(26)39/h1-21,37-38H. The van der Waals surface area contributed by atoms with Gasteiger partial charge in [0.25, 0.3) is 0 Å². The first-order chi connectivity index (χ1) is 20.3. The van der Waals surface area contributed by atoms with Gasteiger partial charge >= 0.3 is 0 Å². The summed E-state index contributed by atoms with van der Waals surface area (Å²) in [6, 6.07) is 46.7. The van der Waals surface area contributed by atoms with Crippen molar-refractivity contribution in [3.63, 3.8) is 0 Å². The van der Waals surface area contributed by atoms with E-state index in [2.05, 4.69) is 142 Å². The number of rotatable bonds is 1. The molecule has 4 heterocycles. The van der Waals surface area contributed by atoms with Crippen molar-refractivity contribution < 1.29 is 0 Å². The summed E-state index contributed by atoms with van der Waals surface area (Å²) in [6.07, 6.45) is -0.0206. The summed E-state index contributed by atoms with van der Waals surface area (Å²) >= 11 is 1.89. The average molecular weight is 542 g/mol. The second-order valence-electron chi connectivity index (χ2n) is 11.0. The van der Waals surface area contributed by atoms with Crippen LogP contribution in [0.1, 0.15) is 11.7 Å². The summed E-state index contributed by atoms with van der Waals surface area (Å²) in [5.41, 5.74) is 11.3. The first-order valence-electron chi connectivity index (χ1n) is 14.1. The highest BCUT2D eigenvalue weighted by Gasteiger charge is 2.40. The van der Waals surface area contributed by atoms with Crippen LogP contribution in [0.15, 0.2) is 127 Å². The SMILES string of the molecule is c1ccc(-n2c3ccccc3c3ccc4c(c32)C2Nc3ccccc3N2c2cc3c(cc2-4)sc2ccccc23)cc1. The minimum absolute atomic E-state index is 0.0206. The summed E-state index contributed by atoms with van der Waals surface area (Å²) in [5, 5.41) is 9.17. The lowest BCUT2D eigenvalue weighted by molar-refractivity contribution is 0.823. The molecule has 1 atom stereocenters. The highest BCUT2D eigenvalue weighted by molar-refractivity contribution is 7.25. The van der Waals surface area contributed by atoms with E-state index in [1.54, 1.807) is 0 Å². The lowest BCUT2D eigenvalue weighted by Crippen LogP contribution is -2.28. The Morgan fingerprint density at radius 2 is 1.34 bits per heavy atom. The number of nitrogens with zero attached hydrogens (tertiary/aromatic N) is 2. The molecule has 0 saturated heterocycles. The van der Waals surface area contributed by atoms with E-state index in [4.69, 9.17) is 0 Å². The molecule has 1 unspecified atom stereocenters. The zero-order valence-corrected chi connectivity index (χ0v) is 22.8. The third kappa shape index (κ3) is 2.77. The van der Waals surface area contributed by atoms with Crippen LogP contribution in [-0.4, -0.2) is 4.57 Å². The van der Waals surface area contributed by atoms with Crippen molar-refractivity contribution in [3.8, 4) is 16.8 Å². The predicted molar refractivity (Wildman–Crippen MR) is 174 cm³/mol. The molecule has 0 saturated carbocycles. The van der Waals surface area contributed by atoms with Crippen molar-refractivity contribution in [1.29, 1.82) is 0 Å². The molecule has 0 spiro atoms. The van der Waals surface area contributed by atoms with Crippen LogP contribution in [0.25, 0.3) is 58.8 Å². The molecule has 6 aromatic carbocycles. The molecule has 0 aliphatic carbocycles. The summed E-state index contributed by atoms with van der Waals surface area (Å²) in [4.78, 5) is 2.53. The minimum Gasteiger partial charge on any atom is -0.359 e. The van der Waals surface area contributed by atoms with Crippen LogP contribution in [-0.2, 0) is 0 Å². The molecule has 3 nitrogen and oxygen atoms in total. The van der Waals surface area contributed by atoms with E-state index >= 15 is 0 Å². The topological polar surface area (TPSA) is 20.2 Å². The van der Waals surface area contributed by atoms with Gasteiger partial charge in [-0.05, 0) is 54.1 Å². The first-order valence-corrected chi connectivity index (χ1v) is 14.9. The Balaban J connectivity index is 1.39. The van der Waals surface area contributed by atoms with Crippen LogP contribution in [0.3, 0.4) is 0 Å². The van der Waals surface area contributed by atoms with Gasteiger partial charge in [-0.25, -0.2) is 0 Å². The maximum Gasteiger partial charge on any atom is 0.133 e. The number of anilines is 3. The Kier molecular flexibility index (Phi) is 4.12. The molecule has 0 bridgehead atoms. The van der Waals surface area contributed by atoms with E-state index in [0.29, 0.717) is 0 Å². The van der Waals surface area contributed by atoms with Gasteiger partial charge in [-0.15, -0.1) is 11.3 Å². The fraction of sp³-hybridized carbons (Fsp3) is 0.0270. The molecule has 2 aliphatic rings. The molecule has 2 aromatic heterocycles. The van der Waals surface area contributed by atoms with Crippen molar-refractivity contribution >= 4 is 70.4 Å². The first kappa shape index (κ1) is 21.7. The molecule has 1 N–H and O–H groups in total. The Hall–Kier alpha value is -5.06. The number of nitrogens with one attached hydrogen (secondary N) is 1. The Labute approximate surface area is 240 Å². The van der Waals surface area contributed by atoms with Gasteiger partial charge in [-0.1, -0.05) is 78.9 Å². The van der Waals surface area contributed by atoms with Crippen LogP contribution in [0, 0.1) is 0 Å². The van der Waals surface area contributed by atoms with E-state index in [0.717, 1.165) is 0 Å². The van der Waals surface area contributed by atoms with Crippen molar-refractivity contribution in [1.82, 2.24) is 4.57 Å². The zero-order chi connectivity index (χ0) is 26.7. The van der Waals surface area contributed by atoms with Crippen LogP contribution in [0.4, 0.5) is 17.1 Å². The fourth-order valence-corrected chi connectivity index (χ4v) is 8.37. The summed E-state index contributed by atoms with van der Waals surface area (Å²) in [7, 11) is 0. The smallest absolute Gasteiger partial charge is 0.133 e. The van der Waals surface area contributed by atoms with Gasteiger partial charge in [0, 0.05) is 47.8 Å². The van der Waals surface area contributed by atoms with Crippen LogP contribution >= 0.6 is 11.3 Å². The summed E-state index contributed by atoms with van der Waals surface area (Å²) in [6.45, 7) is 0. The van der Waals surface area contributed by atoms with Crippen LogP contribution in [0.5, 0.6) is 0 Å². The largest absolute Gasteiger partial charge is 0.359 e.